The monoisotopic (exact) mass is 206 g/mol. The van der Waals surface area contributed by atoms with Crippen molar-refractivity contribution in [2.45, 2.75) is 13.8 Å². The molecule has 0 heterocycles. The van der Waals surface area contributed by atoms with Gasteiger partial charge in [0.25, 0.3) is 0 Å². The third kappa shape index (κ3) is 4.06. The summed E-state index contributed by atoms with van der Waals surface area (Å²) in [5.41, 5.74) is 0.0881. The van der Waals surface area contributed by atoms with Crippen LogP contribution in [0.1, 0.15) is 13.8 Å². The molecule has 74 valence electrons. The van der Waals surface area contributed by atoms with Crippen molar-refractivity contribution < 1.29 is 23.9 Å². The first kappa shape index (κ1) is 12.1. The van der Waals surface area contributed by atoms with E-state index in [1.807, 2.05) is 0 Å². The second-order valence-electron chi connectivity index (χ2n) is 2.25. The summed E-state index contributed by atoms with van der Waals surface area (Å²) in [6, 6.07) is 0. The van der Waals surface area contributed by atoms with Crippen LogP contribution in [0, 0.1) is 0 Å². The maximum Gasteiger partial charge on any atom is 0.367 e. The van der Waals surface area contributed by atoms with Crippen LogP contribution in [0.15, 0.2) is 17.1 Å². The van der Waals surface area contributed by atoms with E-state index in [0.29, 0.717) is 6.61 Å². The van der Waals surface area contributed by atoms with E-state index in [1.54, 1.807) is 6.92 Å². The molecule has 0 aliphatic carbocycles. The maximum atomic E-state index is 10.7. The number of ether oxygens (including phenoxy) is 1. The van der Waals surface area contributed by atoms with Crippen LogP contribution < -0.4 is 0 Å². The molecule has 0 saturated heterocycles. The highest BCUT2D eigenvalue weighted by Gasteiger charge is 2.24. The van der Waals surface area contributed by atoms with Gasteiger partial charge in [0.2, 0.25) is 0 Å². The van der Waals surface area contributed by atoms with Gasteiger partial charge in [-0.15, -0.1) is 0 Å². The average molecular weight is 206 g/mol. The molecule has 0 saturated carbocycles. The van der Waals surface area contributed by atoms with Crippen LogP contribution >= 0.6 is 7.60 Å². The van der Waals surface area contributed by atoms with Crippen molar-refractivity contribution in [2.75, 3.05) is 6.61 Å². The Bertz CT molecular complexity index is 294. The number of allylic oxidation sites excluding steroid dienone is 2. The molecule has 0 aliphatic rings. The normalized spacial score (nSPS) is 12.2. The lowest BCUT2D eigenvalue weighted by Crippen LogP contribution is -1.91. The third-order valence-electron chi connectivity index (χ3n) is 1.19. The molecule has 0 aliphatic heterocycles. The number of hydrogen-bond acceptors (Lipinski definition) is 3. The van der Waals surface area contributed by atoms with Gasteiger partial charge in [-0.05, 0) is 13.8 Å². The van der Waals surface area contributed by atoms with E-state index in [-0.39, 0.29) is 5.57 Å². The van der Waals surface area contributed by atoms with Gasteiger partial charge in [-0.3, -0.25) is 4.57 Å². The van der Waals surface area contributed by atoms with Crippen molar-refractivity contribution in [3.05, 3.63) is 17.1 Å². The average Bonchev–Trinajstić information content (AvgIpc) is 1.99. The Labute approximate surface area is 75.9 Å². The predicted octanol–water partition coefficient (Wildman–Crippen LogP) is 0.820. The summed E-state index contributed by atoms with van der Waals surface area (Å²) in [5, 5.41) is -0.666. The van der Waals surface area contributed by atoms with Crippen LogP contribution in [0.4, 0.5) is 0 Å². The van der Waals surface area contributed by atoms with Gasteiger partial charge in [0.15, 0.2) is 5.31 Å². The Balaban J connectivity index is 4.84. The Hall–Kier alpha value is -0.860. The van der Waals surface area contributed by atoms with Crippen molar-refractivity contribution in [1.82, 2.24) is 0 Å². The minimum absolute atomic E-state index is 0.0881. The van der Waals surface area contributed by atoms with E-state index in [4.69, 9.17) is 14.5 Å². The zero-order valence-corrected chi connectivity index (χ0v) is 8.25. The zero-order chi connectivity index (χ0) is 10.5. The van der Waals surface area contributed by atoms with Crippen LogP contribution in [0.2, 0.25) is 0 Å². The Morgan fingerprint density at radius 3 is 2.46 bits per heavy atom. The van der Waals surface area contributed by atoms with Gasteiger partial charge in [-0.2, -0.15) is 0 Å². The fraction of sp³-hybridized carbons (Fsp3) is 0.429. The minimum Gasteiger partial charge on any atom is -0.501 e. The molecular weight excluding hydrogens is 195 g/mol. The standard InChI is InChI=1S/C7H11O5P/c1-3-12-5-6(2)7(4-8)13(9,10)11/h5H,3H2,1-2H3,(H2,9,10,11). The number of hydrogen-bond donors (Lipinski definition) is 2. The molecule has 0 fully saturated rings. The van der Waals surface area contributed by atoms with Gasteiger partial charge in [-0.1, -0.05) is 0 Å². The highest BCUT2D eigenvalue weighted by atomic mass is 31.2. The SMILES string of the molecule is CCOC=C(C)C(=C=O)P(=O)(O)O. The highest BCUT2D eigenvalue weighted by Crippen LogP contribution is 2.46. The van der Waals surface area contributed by atoms with Gasteiger partial charge in [0.1, 0.15) is 5.94 Å². The summed E-state index contributed by atoms with van der Waals surface area (Å²) in [5.74, 6) is 1.21. The van der Waals surface area contributed by atoms with Crippen molar-refractivity contribution >= 4 is 13.5 Å². The van der Waals surface area contributed by atoms with E-state index >= 15 is 0 Å². The molecule has 0 rings (SSSR count). The Morgan fingerprint density at radius 2 is 2.15 bits per heavy atom. The highest BCUT2D eigenvalue weighted by molar-refractivity contribution is 7.57. The lowest BCUT2D eigenvalue weighted by molar-refractivity contribution is 0.266. The molecule has 0 radical (unpaired) electrons. The fourth-order valence-corrected chi connectivity index (χ4v) is 1.26. The lowest BCUT2D eigenvalue weighted by atomic mass is 10.3. The van der Waals surface area contributed by atoms with Gasteiger partial charge in [0, 0.05) is 5.57 Å². The molecule has 0 aromatic carbocycles. The molecule has 6 heteroatoms. The van der Waals surface area contributed by atoms with Crippen LogP contribution in [0.25, 0.3) is 0 Å². The first-order valence-electron chi connectivity index (χ1n) is 3.53. The summed E-state index contributed by atoms with van der Waals surface area (Å²) < 4.78 is 15.4. The van der Waals surface area contributed by atoms with Gasteiger partial charge in [-0.25, -0.2) is 4.79 Å². The van der Waals surface area contributed by atoms with E-state index < -0.39 is 12.9 Å². The Morgan fingerprint density at radius 1 is 1.62 bits per heavy atom. The van der Waals surface area contributed by atoms with E-state index in [2.05, 4.69) is 0 Å². The molecule has 0 aromatic heterocycles. The largest absolute Gasteiger partial charge is 0.501 e. The van der Waals surface area contributed by atoms with Crippen LogP contribution in [-0.4, -0.2) is 22.3 Å². The third-order valence-corrected chi connectivity index (χ3v) is 2.21. The molecule has 0 atom stereocenters. The summed E-state index contributed by atoms with van der Waals surface area (Å²) in [4.78, 5) is 27.5. The zero-order valence-electron chi connectivity index (χ0n) is 7.35. The van der Waals surface area contributed by atoms with Gasteiger partial charge in [0.05, 0.1) is 12.9 Å². The van der Waals surface area contributed by atoms with Crippen molar-refractivity contribution in [3.8, 4) is 0 Å². The van der Waals surface area contributed by atoms with Crippen molar-refractivity contribution in [2.24, 2.45) is 0 Å². The lowest BCUT2D eigenvalue weighted by Gasteiger charge is -2.05. The molecule has 0 aromatic rings. The van der Waals surface area contributed by atoms with Crippen LogP contribution in [0.3, 0.4) is 0 Å². The van der Waals surface area contributed by atoms with Gasteiger partial charge < -0.3 is 14.5 Å². The molecular formula is C7H11O5P. The maximum absolute atomic E-state index is 10.7. The van der Waals surface area contributed by atoms with Gasteiger partial charge >= 0.3 is 7.60 Å². The van der Waals surface area contributed by atoms with E-state index in [1.165, 1.54) is 12.9 Å². The smallest absolute Gasteiger partial charge is 0.367 e. The molecule has 0 amide bonds. The van der Waals surface area contributed by atoms with Crippen LogP contribution in [0.5, 0.6) is 0 Å². The predicted molar refractivity (Wildman–Crippen MR) is 46.6 cm³/mol. The first-order valence-corrected chi connectivity index (χ1v) is 5.14. The molecule has 13 heavy (non-hydrogen) atoms. The van der Waals surface area contributed by atoms with Crippen LogP contribution in [-0.2, 0) is 14.1 Å². The fourth-order valence-electron chi connectivity index (χ4n) is 0.634. The van der Waals surface area contributed by atoms with E-state index in [0.717, 1.165) is 6.26 Å². The summed E-state index contributed by atoms with van der Waals surface area (Å²) >= 11 is 0. The molecule has 2 N–H and O–H groups in total. The minimum atomic E-state index is -4.53. The number of carbonyl (C=O) groups excluding carboxylic acids is 1. The van der Waals surface area contributed by atoms with Crippen molar-refractivity contribution in [3.63, 3.8) is 0 Å². The molecule has 0 bridgehead atoms. The molecule has 0 unspecified atom stereocenters. The van der Waals surface area contributed by atoms with Crippen molar-refractivity contribution in [1.29, 1.82) is 0 Å². The number of rotatable bonds is 4. The summed E-state index contributed by atoms with van der Waals surface area (Å²) in [7, 11) is -4.53. The molecule has 5 nitrogen and oxygen atoms in total. The second kappa shape index (κ2) is 5.00. The topological polar surface area (TPSA) is 83.8 Å². The van der Waals surface area contributed by atoms with E-state index in [9.17, 15) is 9.36 Å². The molecule has 0 spiro atoms. The Kier molecular flexibility index (Phi) is 4.67. The summed E-state index contributed by atoms with van der Waals surface area (Å²) in [6.07, 6.45) is 1.12. The second-order valence-corrected chi connectivity index (χ2v) is 3.79. The first-order chi connectivity index (χ1) is 5.93. The summed E-state index contributed by atoms with van der Waals surface area (Å²) in [6.45, 7) is 3.45. The quantitative estimate of drug-likeness (QED) is 0.308.